The summed E-state index contributed by atoms with van der Waals surface area (Å²) in [4.78, 5) is 4.15. The summed E-state index contributed by atoms with van der Waals surface area (Å²) >= 11 is 0. The second kappa shape index (κ2) is 6.02. The molecule has 2 rings (SSSR count). The number of nitrogens with two attached hydrogens (primary N) is 1. The van der Waals surface area contributed by atoms with E-state index in [-0.39, 0.29) is 6.61 Å². The van der Waals surface area contributed by atoms with Crippen molar-refractivity contribution in [2.45, 2.75) is 13.0 Å². The molecule has 0 spiro atoms. The van der Waals surface area contributed by atoms with Crippen LogP contribution in [0.5, 0.6) is 5.75 Å². The predicted octanol–water partition coefficient (Wildman–Crippen LogP) is 1.78. The maximum atomic E-state index is 8.82. The van der Waals surface area contributed by atoms with Gasteiger partial charge in [0.1, 0.15) is 18.2 Å². The molecule has 1 aromatic heterocycles. The molecule has 94 valence electrons. The lowest BCUT2D eigenvalue weighted by atomic mass is 10.1. The van der Waals surface area contributed by atoms with E-state index >= 15 is 0 Å². The molecule has 0 radical (unpaired) electrons. The van der Waals surface area contributed by atoms with Crippen LogP contribution in [0.25, 0.3) is 0 Å². The minimum absolute atomic E-state index is 0.160. The van der Waals surface area contributed by atoms with Crippen LogP contribution in [0, 0.1) is 0 Å². The summed E-state index contributed by atoms with van der Waals surface area (Å²) in [5.74, 6) is 1.27. The largest absolute Gasteiger partial charge is 0.487 e. The van der Waals surface area contributed by atoms with Gasteiger partial charge in [-0.25, -0.2) is 4.98 Å². The number of aromatic nitrogens is 1. The highest BCUT2D eigenvalue weighted by Crippen LogP contribution is 2.14. The van der Waals surface area contributed by atoms with Gasteiger partial charge in [-0.3, -0.25) is 0 Å². The van der Waals surface area contributed by atoms with E-state index in [4.69, 9.17) is 15.6 Å². The molecule has 0 saturated carbocycles. The average Bonchev–Trinajstić information content (AvgIpc) is 2.38. The molecule has 3 N–H and O–H groups in total. The minimum atomic E-state index is 0.160. The molecule has 0 unspecified atom stereocenters. The molecular formula is C14H16N2O2. The summed E-state index contributed by atoms with van der Waals surface area (Å²) in [6.07, 6.45) is 0.664. The van der Waals surface area contributed by atoms with Gasteiger partial charge in [0.25, 0.3) is 0 Å². The molecule has 1 heterocycles. The number of rotatable bonds is 5. The molecule has 0 amide bonds. The number of hydrogen-bond donors (Lipinski definition) is 2. The van der Waals surface area contributed by atoms with Gasteiger partial charge in [0.05, 0.1) is 5.69 Å². The van der Waals surface area contributed by atoms with E-state index in [9.17, 15) is 0 Å². The van der Waals surface area contributed by atoms with E-state index in [1.807, 2.05) is 36.4 Å². The summed E-state index contributed by atoms with van der Waals surface area (Å²) in [5, 5.41) is 8.82. The molecule has 0 saturated heterocycles. The van der Waals surface area contributed by atoms with Gasteiger partial charge in [-0.2, -0.15) is 0 Å². The number of nitrogens with zero attached hydrogens (tertiary/aromatic N) is 1. The highest BCUT2D eigenvalue weighted by Gasteiger charge is 1.98. The SMILES string of the molecule is Nc1cccc(COc2ccc(CCO)cc2)n1. The topological polar surface area (TPSA) is 68.4 Å². The number of pyridine rings is 1. The Balaban J connectivity index is 1.93. The highest BCUT2D eigenvalue weighted by molar-refractivity contribution is 5.30. The van der Waals surface area contributed by atoms with E-state index in [0.29, 0.717) is 18.8 Å². The third-order valence-corrected chi connectivity index (χ3v) is 2.54. The Labute approximate surface area is 106 Å². The van der Waals surface area contributed by atoms with Crippen molar-refractivity contribution in [1.29, 1.82) is 0 Å². The molecular weight excluding hydrogens is 228 g/mol. The second-order valence-electron chi connectivity index (χ2n) is 3.96. The van der Waals surface area contributed by atoms with Crippen LogP contribution in [0.2, 0.25) is 0 Å². The van der Waals surface area contributed by atoms with Crippen LogP contribution in [0.4, 0.5) is 5.82 Å². The van der Waals surface area contributed by atoms with Gasteiger partial charge in [-0.1, -0.05) is 18.2 Å². The molecule has 0 bridgehead atoms. The first kappa shape index (κ1) is 12.4. The number of aliphatic hydroxyl groups excluding tert-OH is 1. The van der Waals surface area contributed by atoms with Gasteiger partial charge in [-0.15, -0.1) is 0 Å². The van der Waals surface area contributed by atoms with E-state index in [1.54, 1.807) is 6.07 Å². The Hall–Kier alpha value is -2.07. The molecule has 1 aromatic carbocycles. The molecule has 0 aliphatic rings. The fraction of sp³-hybridized carbons (Fsp3) is 0.214. The van der Waals surface area contributed by atoms with Crippen LogP contribution >= 0.6 is 0 Å². The van der Waals surface area contributed by atoms with Crippen LogP contribution in [-0.4, -0.2) is 16.7 Å². The zero-order valence-corrected chi connectivity index (χ0v) is 10.0. The summed E-state index contributed by atoms with van der Waals surface area (Å²) in [6.45, 7) is 0.553. The first-order valence-electron chi connectivity index (χ1n) is 5.82. The Morgan fingerprint density at radius 1 is 1.11 bits per heavy atom. The first-order valence-corrected chi connectivity index (χ1v) is 5.82. The van der Waals surface area contributed by atoms with Crippen molar-refractivity contribution in [2.75, 3.05) is 12.3 Å². The molecule has 2 aromatic rings. The van der Waals surface area contributed by atoms with Gasteiger partial charge < -0.3 is 15.6 Å². The standard InChI is InChI=1S/C14H16N2O2/c15-14-3-1-2-12(16-14)10-18-13-6-4-11(5-7-13)8-9-17/h1-7,17H,8-10H2,(H2,15,16). The van der Waals surface area contributed by atoms with Crippen molar-refractivity contribution in [1.82, 2.24) is 4.98 Å². The quantitative estimate of drug-likeness (QED) is 0.841. The van der Waals surface area contributed by atoms with Crippen LogP contribution in [0.15, 0.2) is 42.5 Å². The first-order chi connectivity index (χ1) is 8.78. The average molecular weight is 244 g/mol. The minimum Gasteiger partial charge on any atom is -0.487 e. The monoisotopic (exact) mass is 244 g/mol. The molecule has 0 aliphatic heterocycles. The van der Waals surface area contributed by atoms with Gasteiger partial charge in [0, 0.05) is 6.61 Å². The number of benzene rings is 1. The smallest absolute Gasteiger partial charge is 0.130 e. The fourth-order valence-electron chi connectivity index (χ4n) is 1.62. The van der Waals surface area contributed by atoms with Crippen LogP contribution in [0.3, 0.4) is 0 Å². The Bertz CT molecular complexity index is 497. The summed E-state index contributed by atoms with van der Waals surface area (Å²) in [7, 11) is 0. The predicted molar refractivity (Wildman–Crippen MR) is 70.2 cm³/mol. The van der Waals surface area contributed by atoms with Crippen LogP contribution in [0.1, 0.15) is 11.3 Å². The van der Waals surface area contributed by atoms with Gasteiger partial charge in [-0.05, 0) is 36.2 Å². The van der Waals surface area contributed by atoms with E-state index in [1.165, 1.54) is 0 Å². The Kier molecular flexibility index (Phi) is 4.15. The Morgan fingerprint density at radius 2 is 1.89 bits per heavy atom. The van der Waals surface area contributed by atoms with Crippen LogP contribution < -0.4 is 10.5 Å². The Morgan fingerprint density at radius 3 is 2.56 bits per heavy atom. The lowest BCUT2D eigenvalue weighted by Crippen LogP contribution is -2.00. The van der Waals surface area contributed by atoms with Crippen molar-refractivity contribution < 1.29 is 9.84 Å². The lowest BCUT2D eigenvalue weighted by Gasteiger charge is -2.07. The molecule has 0 aliphatic carbocycles. The van der Waals surface area contributed by atoms with Crippen molar-refractivity contribution in [3.63, 3.8) is 0 Å². The molecule has 4 heteroatoms. The number of anilines is 1. The summed E-state index contributed by atoms with van der Waals surface area (Å²) in [5.41, 5.74) is 7.48. The van der Waals surface area contributed by atoms with Crippen LogP contribution in [-0.2, 0) is 13.0 Å². The van der Waals surface area contributed by atoms with E-state index < -0.39 is 0 Å². The van der Waals surface area contributed by atoms with Crippen molar-refractivity contribution in [3.05, 3.63) is 53.7 Å². The third-order valence-electron chi connectivity index (χ3n) is 2.54. The summed E-state index contributed by atoms with van der Waals surface area (Å²) < 4.78 is 5.60. The zero-order chi connectivity index (χ0) is 12.8. The maximum Gasteiger partial charge on any atom is 0.130 e. The molecule has 18 heavy (non-hydrogen) atoms. The number of nitrogen functional groups attached to an aromatic ring is 1. The second-order valence-corrected chi connectivity index (χ2v) is 3.96. The number of hydrogen-bond acceptors (Lipinski definition) is 4. The lowest BCUT2D eigenvalue weighted by molar-refractivity contribution is 0.297. The summed E-state index contributed by atoms with van der Waals surface area (Å²) in [6, 6.07) is 13.1. The van der Waals surface area contributed by atoms with Gasteiger partial charge >= 0.3 is 0 Å². The van der Waals surface area contributed by atoms with E-state index in [0.717, 1.165) is 17.0 Å². The maximum absolute atomic E-state index is 8.82. The van der Waals surface area contributed by atoms with Gasteiger partial charge in [0.15, 0.2) is 0 Å². The third kappa shape index (κ3) is 3.46. The van der Waals surface area contributed by atoms with Gasteiger partial charge in [0.2, 0.25) is 0 Å². The number of ether oxygens (including phenoxy) is 1. The van der Waals surface area contributed by atoms with Crippen molar-refractivity contribution >= 4 is 5.82 Å². The normalized spacial score (nSPS) is 10.3. The molecule has 4 nitrogen and oxygen atoms in total. The fourth-order valence-corrected chi connectivity index (χ4v) is 1.62. The van der Waals surface area contributed by atoms with Crippen molar-refractivity contribution in [3.8, 4) is 5.75 Å². The molecule has 0 atom stereocenters. The molecule has 0 fully saturated rings. The zero-order valence-electron chi connectivity index (χ0n) is 10.0. The van der Waals surface area contributed by atoms with E-state index in [2.05, 4.69) is 4.98 Å². The highest BCUT2D eigenvalue weighted by atomic mass is 16.5. The number of aliphatic hydroxyl groups is 1. The van der Waals surface area contributed by atoms with Crippen molar-refractivity contribution in [2.24, 2.45) is 0 Å².